The van der Waals surface area contributed by atoms with Crippen molar-refractivity contribution in [2.24, 2.45) is 0 Å². The zero-order valence-corrected chi connectivity index (χ0v) is 13.8. The summed E-state index contributed by atoms with van der Waals surface area (Å²) in [5.74, 6) is 2.58. The van der Waals surface area contributed by atoms with Gasteiger partial charge in [-0.2, -0.15) is 0 Å². The van der Waals surface area contributed by atoms with E-state index in [1.54, 1.807) is 31.0 Å². The van der Waals surface area contributed by atoms with Gasteiger partial charge in [-0.3, -0.25) is 4.98 Å². The lowest BCUT2D eigenvalue weighted by Gasteiger charge is -2.32. The van der Waals surface area contributed by atoms with Crippen LogP contribution in [0.4, 0.5) is 17.6 Å². The number of rotatable bonds is 4. The molecular weight excluding hydrogens is 314 g/mol. The van der Waals surface area contributed by atoms with Crippen molar-refractivity contribution < 1.29 is 0 Å². The molecule has 1 N–H and O–H groups in total. The Morgan fingerprint density at radius 1 is 0.880 bits per heavy atom. The number of aromatic nitrogens is 5. The zero-order chi connectivity index (χ0) is 16.9. The van der Waals surface area contributed by atoms with E-state index in [2.05, 4.69) is 35.1 Å². The average molecular weight is 333 g/mol. The highest BCUT2D eigenvalue weighted by atomic mass is 15.3. The number of hydrogen-bond acceptors (Lipinski definition) is 7. The first-order valence-corrected chi connectivity index (χ1v) is 8.41. The van der Waals surface area contributed by atoms with E-state index in [-0.39, 0.29) is 5.92 Å². The Kier molecular flexibility index (Phi) is 4.45. The fraction of sp³-hybridized carbons (Fsp3) is 0.278. The summed E-state index contributed by atoms with van der Waals surface area (Å²) in [6.45, 7) is 1.80. The van der Waals surface area contributed by atoms with Gasteiger partial charge in [0.1, 0.15) is 5.82 Å². The van der Waals surface area contributed by atoms with E-state index in [1.807, 2.05) is 24.3 Å². The Hall–Kier alpha value is -3.09. The third kappa shape index (κ3) is 3.55. The van der Waals surface area contributed by atoms with Crippen molar-refractivity contribution in [3.05, 3.63) is 60.9 Å². The molecule has 7 heteroatoms. The van der Waals surface area contributed by atoms with Crippen molar-refractivity contribution in [3.63, 3.8) is 0 Å². The number of nitrogens with one attached hydrogen (secondary N) is 1. The Morgan fingerprint density at radius 3 is 2.56 bits per heavy atom. The number of hydrogen-bond donors (Lipinski definition) is 1. The molecule has 1 fully saturated rings. The summed E-state index contributed by atoms with van der Waals surface area (Å²) in [5, 5.41) is 3.29. The van der Waals surface area contributed by atoms with Crippen LogP contribution < -0.4 is 10.2 Å². The SMILES string of the molecule is c1ccc(Nc2nccnc2[C@@H]2CCCN(c3ncccn3)C2)nc1. The maximum atomic E-state index is 4.61. The Morgan fingerprint density at radius 2 is 1.72 bits per heavy atom. The van der Waals surface area contributed by atoms with Crippen LogP contribution in [0.15, 0.2) is 55.2 Å². The van der Waals surface area contributed by atoms with Gasteiger partial charge in [0.05, 0.1) is 5.69 Å². The Labute approximate surface area is 146 Å². The van der Waals surface area contributed by atoms with Crippen LogP contribution >= 0.6 is 0 Å². The van der Waals surface area contributed by atoms with E-state index in [1.165, 1.54) is 0 Å². The Balaban J connectivity index is 1.57. The molecule has 3 aromatic rings. The van der Waals surface area contributed by atoms with Gasteiger partial charge in [0, 0.05) is 50.0 Å². The summed E-state index contributed by atoms with van der Waals surface area (Å²) in [7, 11) is 0. The maximum Gasteiger partial charge on any atom is 0.225 e. The molecule has 0 unspecified atom stereocenters. The topological polar surface area (TPSA) is 79.7 Å². The highest BCUT2D eigenvalue weighted by Crippen LogP contribution is 2.31. The minimum atomic E-state index is 0.275. The van der Waals surface area contributed by atoms with Gasteiger partial charge < -0.3 is 10.2 Å². The fourth-order valence-electron chi connectivity index (χ4n) is 3.14. The lowest BCUT2D eigenvalue weighted by Crippen LogP contribution is -2.36. The number of piperidine rings is 1. The summed E-state index contributed by atoms with van der Waals surface area (Å²) in [4.78, 5) is 24.4. The smallest absolute Gasteiger partial charge is 0.225 e. The molecule has 0 aromatic carbocycles. The van der Waals surface area contributed by atoms with Crippen LogP contribution in [0.25, 0.3) is 0 Å². The third-order valence-corrected chi connectivity index (χ3v) is 4.28. The lowest BCUT2D eigenvalue weighted by atomic mass is 9.94. The van der Waals surface area contributed by atoms with E-state index in [0.29, 0.717) is 0 Å². The van der Waals surface area contributed by atoms with E-state index < -0.39 is 0 Å². The van der Waals surface area contributed by atoms with E-state index in [9.17, 15) is 0 Å². The fourth-order valence-corrected chi connectivity index (χ4v) is 3.14. The molecule has 1 saturated heterocycles. The molecule has 1 atom stereocenters. The van der Waals surface area contributed by atoms with E-state index >= 15 is 0 Å². The minimum Gasteiger partial charge on any atom is -0.340 e. The molecule has 0 amide bonds. The van der Waals surface area contributed by atoms with Gasteiger partial charge in [-0.05, 0) is 31.0 Å². The van der Waals surface area contributed by atoms with E-state index in [0.717, 1.165) is 49.2 Å². The molecule has 1 aliphatic rings. The molecule has 0 aliphatic carbocycles. The first kappa shape index (κ1) is 15.4. The van der Waals surface area contributed by atoms with Crippen LogP contribution in [-0.4, -0.2) is 38.0 Å². The van der Waals surface area contributed by atoms with Gasteiger partial charge in [0.2, 0.25) is 5.95 Å². The standard InChI is InChI=1S/C18H19N7/c1-2-7-19-15(6-1)24-17-16(20-10-11-21-17)14-5-3-12-25(13-14)18-22-8-4-9-23-18/h1-2,4,6-11,14H,3,5,12-13H2,(H,19,21,24)/t14-/m1/s1. The van der Waals surface area contributed by atoms with Crippen molar-refractivity contribution in [3.8, 4) is 0 Å². The van der Waals surface area contributed by atoms with Gasteiger partial charge in [0.15, 0.2) is 5.82 Å². The molecule has 1 aliphatic heterocycles. The van der Waals surface area contributed by atoms with Crippen LogP contribution in [0.1, 0.15) is 24.5 Å². The zero-order valence-electron chi connectivity index (χ0n) is 13.8. The lowest BCUT2D eigenvalue weighted by molar-refractivity contribution is 0.495. The first-order chi connectivity index (χ1) is 12.4. The molecule has 4 heterocycles. The minimum absolute atomic E-state index is 0.275. The van der Waals surface area contributed by atoms with Crippen LogP contribution in [0.3, 0.4) is 0 Å². The molecule has 0 saturated carbocycles. The van der Waals surface area contributed by atoms with Crippen molar-refractivity contribution in [2.45, 2.75) is 18.8 Å². The Bertz CT molecular complexity index is 810. The quantitative estimate of drug-likeness (QED) is 0.786. The molecule has 0 radical (unpaired) electrons. The molecule has 0 bridgehead atoms. The molecule has 25 heavy (non-hydrogen) atoms. The first-order valence-electron chi connectivity index (χ1n) is 8.41. The van der Waals surface area contributed by atoms with Crippen molar-refractivity contribution in [2.75, 3.05) is 23.3 Å². The molecule has 0 spiro atoms. The van der Waals surface area contributed by atoms with Crippen LogP contribution in [0, 0.1) is 0 Å². The van der Waals surface area contributed by atoms with Crippen molar-refractivity contribution >= 4 is 17.6 Å². The number of pyridine rings is 1. The molecule has 3 aromatic heterocycles. The average Bonchev–Trinajstić information content (AvgIpc) is 2.70. The summed E-state index contributed by atoms with van der Waals surface area (Å²) < 4.78 is 0. The predicted molar refractivity (Wildman–Crippen MR) is 95.8 cm³/mol. The second-order valence-electron chi connectivity index (χ2n) is 5.96. The van der Waals surface area contributed by atoms with Gasteiger partial charge in [-0.25, -0.2) is 19.9 Å². The number of anilines is 3. The highest BCUT2D eigenvalue weighted by Gasteiger charge is 2.26. The van der Waals surface area contributed by atoms with Crippen LogP contribution in [0.2, 0.25) is 0 Å². The number of nitrogens with zero attached hydrogens (tertiary/aromatic N) is 6. The van der Waals surface area contributed by atoms with Crippen molar-refractivity contribution in [1.29, 1.82) is 0 Å². The van der Waals surface area contributed by atoms with Gasteiger partial charge in [-0.1, -0.05) is 6.07 Å². The molecule has 126 valence electrons. The largest absolute Gasteiger partial charge is 0.340 e. The summed E-state index contributed by atoms with van der Waals surface area (Å²) in [6.07, 6.45) is 10.9. The monoisotopic (exact) mass is 333 g/mol. The second-order valence-corrected chi connectivity index (χ2v) is 5.96. The normalized spacial score (nSPS) is 17.3. The molecule has 4 rings (SSSR count). The van der Waals surface area contributed by atoms with Gasteiger partial charge >= 0.3 is 0 Å². The predicted octanol–water partition coefficient (Wildman–Crippen LogP) is 2.79. The second kappa shape index (κ2) is 7.21. The van der Waals surface area contributed by atoms with E-state index in [4.69, 9.17) is 0 Å². The highest BCUT2D eigenvalue weighted by molar-refractivity contribution is 5.55. The third-order valence-electron chi connectivity index (χ3n) is 4.28. The summed E-state index contributed by atoms with van der Waals surface area (Å²) in [6, 6.07) is 7.59. The summed E-state index contributed by atoms with van der Waals surface area (Å²) in [5.41, 5.74) is 0.966. The van der Waals surface area contributed by atoms with Crippen molar-refractivity contribution in [1.82, 2.24) is 24.9 Å². The maximum absolute atomic E-state index is 4.61. The molecular formula is C18H19N7. The molecule has 7 nitrogen and oxygen atoms in total. The van der Waals surface area contributed by atoms with Crippen LogP contribution in [-0.2, 0) is 0 Å². The van der Waals surface area contributed by atoms with Gasteiger partial charge in [0.25, 0.3) is 0 Å². The van der Waals surface area contributed by atoms with Crippen LogP contribution in [0.5, 0.6) is 0 Å². The van der Waals surface area contributed by atoms with Gasteiger partial charge in [-0.15, -0.1) is 0 Å². The summed E-state index contributed by atoms with van der Waals surface area (Å²) >= 11 is 0.